The summed E-state index contributed by atoms with van der Waals surface area (Å²) in [5.41, 5.74) is 2.27. The topological polar surface area (TPSA) is 79.7 Å². The second-order valence-electron chi connectivity index (χ2n) is 4.53. The number of hydrogen-bond donors (Lipinski definition) is 1. The van der Waals surface area contributed by atoms with Gasteiger partial charge in [-0.15, -0.1) is 0 Å². The summed E-state index contributed by atoms with van der Waals surface area (Å²) in [6, 6.07) is 10.9. The Balaban J connectivity index is 2.51. The summed E-state index contributed by atoms with van der Waals surface area (Å²) in [6.45, 7) is 3.82. The summed E-state index contributed by atoms with van der Waals surface area (Å²) >= 11 is -0.982. The lowest BCUT2D eigenvalue weighted by molar-refractivity contribution is 0.596. The molecule has 1 aromatic carbocycles. The predicted octanol–water partition coefficient (Wildman–Crippen LogP) is 2.60. The van der Waals surface area contributed by atoms with Gasteiger partial charge in [0, 0.05) is 11.3 Å². The van der Waals surface area contributed by atoms with Crippen LogP contribution in [0.15, 0.2) is 40.0 Å². The maximum absolute atomic E-state index is 11.7. The molecule has 0 bridgehead atoms. The van der Waals surface area contributed by atoms with Crippen molar-refractivity contribution in [3.05, 3.63) is 51.9 Å². The van der Waals surface area contributed by atoms with E-state index >= 15 is 0 Å². The smallest absolute Gasteiger partial charge is 0.266 e. The molecule has 2 aromatic rings. The highest BCUT2D eigenvalue weighted by molar-refractivity contribution is 7.91. The molecule has 0 aliphatic carbocycles. The van der Waals surface area contributed by atoms with Crippen molar-refractivity contribution in [3.8, 4) is 17.2 Å². The fraction of sp³-hybridized carbons (Fsp3) is 0.250. The summed E-state index contributed by atoms with van der Waals surface area (Å²) in [5, 5.41) is 8.99. The van der Waals surface area contributed by atoms with Gasteiger partial charge in [0.1, 0.15) is 17.4 Å². The first-order chi connectivity index (χ1) is 10.1. The number of hydrogen-bond acceptors (Lipinski definition) is 3. The van der Waals surface area contributed by atoms with Crippen LogP contribution in [0.25, 0.3) is 11.1 Å². The molecule has 108 valence electrons. The fourth-order valence-electron chi connectivity index (χ4n) is 2.14. The predicted molar refractivity (Wildman–Crippen MR) is 83.5 cm³/mol. The molecule has 0 radical (unpaired) electrons. The van der Waals surface area contributed by atoms with E-state index in [4.69, 9.17) is 5.26 Å². The second-order valence-corrected chi connectivity index (χ2v) is 6.27. The van der Waals surface area contributed by atoms with Crippen LogP contribution in [0.1, 0.15) is 25.1 Å². The Morgan fingerprint density at radius 2 is 1.95 bits per heavy atom. The zero-order chi connectivity index (χ0) is 15.4. The lowest BCUT2D eigenvalue weighted by Gasteiger charge is -2.11. The minimum Gasteiger partial charge on any atom is -0.611 e. The Bertz CT molecular complexity index is 729. The van der Waals surface area contributed by atoms with Crippen LogP contribution >= 0.6 is 0 Å². The molecule has 0 saturated heterocycles. The van der Waals surface area contributed by atoms with Crippen LogP contribution < -0.4 is 5.56 Å². The Morgan fingerprint density at radius 1 is 1.29 bits per heavy atom. The van der Waals surface area contributed by atoms with E-state index in [0.29, 0.717) is 12.2 Å². The Morgan fingerprint density at radius 3 is 2.48 bits per heavy atom. The molecular weight excluding hydrogens is 284 g/mol. The molecule has 2 rings (SSSR count). The molecule has 21 heavy (non-hydrogen) atoms. The van der Waals surface area contributed by atoms with E-state index in [1.54, 1.807) is 6.07 Å². The van der Waals surface area contributed by atoms with Crippen LogP contribution in [-0.4, -0.2) is 15.3 Å². The minimum atomic E-state index is -0.982. The number of aromatic nitrogens is 1. The number of nitrogens with zero attached hydrogens (tertiary/aromatic N) is 1. The number of nitrogens with one attached hydrogen (secondary N) is 1. The second kappa shape index (κ2) is 6.61. The molecular formula is C16H16N2O2S. The first-order valence-corrected chi connectivity index (χ1v) is 8.07. The SMILES string of the molecule is CCc1[nH]c(=O)c(C#N)cc1-c1ccc([S+]([O-])CC)cc1. The maximum Gasteiger partial charge on any atom is 0.266 e. The lowest BCUT2D eigenvalue weighted by atomic mass is 10.0. The van der Waals surface area contributed by atoms with Crippen LogP contribution in [0.4, 0.5) is 0 Å². The monoisotopic (exact) mass is 300 g/mol. The van der Waals surface area contributed by atoms with Crippen molar-refractivity contribution in [2.75, 3.05) is 5.75 Å². The van der Waals surface area contributed by atoms with Crippen molar-refractivity contribution >= 4 is 11.2 Å². The molecule has 1 aromatic heterocycles. The van der Waals surface area contributed by atoms with Crippen LogP contribution in [0.2, 0.25) is 0 Å². The van der Waals surface area contributed by atoms with Gasteiger partial charge in [0.2, 0.25) is 0 Å². The van der Waals surface area contributed by atoms with Crippen LogP contribution in [0, 0.1) is 11.3 Å². The Kier molecular flexibility index (Phi) is 4.84. The highest BCUT2D eigenvalue weighted by Crippen LogP contribution is 2.24. The van der Waals surface area contributed by atoms with Crippen molar-refractivity contribution in [1.29, 1.82) is 5.26 Å². The summed E-state index contributed by atoms with van der Waals surface area (Å²) in [7, 11) is 0. The van der Waals surface area contributed by atoms with Gasteiger partial charge < -0.3 is 9.54 Å². The van der Waals surface area contributed by atoms with E-state index in [9.17, 15) is 9.35 Å². The van der Waals surface area contributed by atoms with Crippen molar-refractivity contribution in [2.24, 2.45) is 0 Å². The largest absolute Gasteiger partial charge is 0.611 e. The van der Waals surface area contributed by atoms with E-state index in [-0.39, 0.29) is 11.1 Å². The third kappa shape index (κ3) is 3.18. The first kappa shape index (κ1) is 15.4. The standard InChI is InChI=1S/C16H16N2O2S/c1-3-15-14(9-12(10-17)16(19)18-15)11-5-7-13(8-6-11)21(20)4-2/h5-9H,3-4H2,1-2H3,(H,18,19). The van der Waals surface area contributed by atoms with Gasteiger partial charge in [-0.05, 0) is 60.4 Å². The van der Waals surface area contributed by atoms with Gasteiger partial charge in [-0.25, -0.2) is 0 Å². The molecule has 0 saturated carbocycles. The molecule has 4 nitrogen and oxygen atoms in total. The first-order valence-electron chi connectivity index (χ1n) is 6.75. The molecule has 1 atom stereocenters. The zero-order valence-corrected chi connectivity index (χ0v) is 12.8. The van der Waals surface area contributed by atoms with Crippen LogP contribution in [-0.2, 0) is 17.6 Å². The Labute approximate surface area is 126 Å². The van der Waals surface area contributed by atoms with Crippen molar-refractivity contribution < 1.29 is 4.55 Å². The fourth-order valence-corrected chi connectivity index (χ4v) is 2.91. The van der Waals surface area contributed by atoms with E-state index in [1.165, 1.54) is 0 Å². The van der Waals surface area contributed by atoms with E-state index in [0.717, 1.165) is 21.7 Å². The van der Waals surface area contributed by atoms with Gasteiger partial charge in [0.05, 0.1) is 0 Å². The summed E-state index contributed by atoms with van der Waals surface area (Å²) < 4.78 is 11.7. The van der Waals surface area contributed by atoms with Gasteiger partial charge in [-0.2, -0.15) is 5.26 Å². The molecule has 1 unspecified atom stereocenters. The Hall–Kier alpha value is -2.03. The van der Waals surface area contributed by atoms with Gasteiger partial charge in [0.25, 0.3) is 5.56 Å². The summed E-state index contributed by atoms with van der Waals surface area (Å²) in [5.74, 6) is 0.580. The van der Waals surface area contributed by atoms with Crippen LogP contribution in [0.5, 0.6) is 0 Å². The van der Waals surface area contributed by atoms with E-state index in [1.807, 2.05) is 44.2 Å². The third-order valence-electron chi connectivity index (χ3n) is 3.29. The van der Waals surface area contributed by atoms with Crippen molar-refractivity contribution in [1.82, 2.24) is 4.98 Å². The quantitative estimate of drug-likeness (QED) is 0.881. The van der Waals surface area contributed by atoms with Gasteiger partial charge in [0.15, 0.2) is 4.90 Å². The molecule has 0 fully saturated rings. The number of rotatable bonds is 4. The van der Waals surface area contributed by atoms with Crippen LogP contribution in [0.3, 0.4) is 0 Å². The number of aromatic amines is 1. The highest BCUT2D eigenvalue weighted by Gasteiger charge is 2.12. The van der Waals surface area contributed by atoms with E-state index in [2.05, 4.69) is 4.98 Å². The summed E-state index contributed by atoms with van der Waals surface area (Å²) in [6.07, 6.45) is 0.666. The van der Waals surface area contributed by atoms with Crippen molar-refractivity contribution in [2.45, 2.75) is 25.2 Å². The van der Waals surface area contributed by atoms with Crippen molar-refractivity contribution in [3.63, 3.8) is 0 Å². The number of benzene rings is 1. The average Bonchev–Trinajstić information content (AvgIpc) is 2.54. The van der Waals surface area contributed by atoms with Gasteiger partial charge >= 0.3 is 0 Å². The zero-order valence-electron chi connectivity index (χ0n) is 12.0. The number of nitriles is 1. The number of H-pyrrole nitrogens is 1. The third-order valence-corrected chi connectivity index (χ3v) is 4.61. The molecule has 1 heterocycles. The minimum absolute atomic E-state index is 0.100. The molecule has 0 amide bonds. The van der Waals surface area contributed by atoms with Gasteiger partial charge in [-0.1, -0.05) is 6.92 Å². The highest BCUT2D eigenvalue weighted by atomic mass is 32.2. The van der Waals surface area contributed by atoms with Gasteiger partial charge in [-0.3, -0.25) is 4.79 Å². The number of aryl methyl sites for hydroxylation is 1. The maximum atomic E-state index is 11.7. The lowest BCUT2D eigenvalue weighted by Crippen LogP contribution is -2.13. The molecule has 0 aliphatic rings. The number of pyridine rings is 1. The summed E-state index contributed by atoms with van der Waals surface area (Å²) in [4.78, 5) is 15.2. The molecule has 5 heteroatoms. The van der Waals surface area contributed by atoms with E-state index < -0.39 is 11.2 Å². The molecule has 0 spiro atoms. The molecule has 1 N–H and O–H groups in total. The molecule has 0 aliphatic heterocycles. The average molecular weight is 300 g/mol. The normalized spacial score (nSPS) is 11.9.